The number of amides is 1. The number of fused-ring (bicyclic) bond motifs is 1. The fourth-order valence-electron chi connectivity index (χ4n) is 3.88. The number of thiophene rings is 1. The Balaban J connectivity index is 1.47. The van der Waals surface area contributed by atoms with Crippen molar-refractivity contribution < 1.29 is 9.53 Å². The van der Waals surface area contributed by atoms with Crippen LogP contribution >= 0.6 is 23.1 Å². The van der Waals surface area contributed by atoms with Crippen LogP contribution in [0.3, 0.4) is 0 Å². The summed E-state index contributed by atoms with van der Waals surface area (Å²) in [6.07, 6.45) is 7.09. The van der Waals surface area contributed by atoms with Crippen molar-refractivity contribution in [2.24, 2.45) is 0 Å². The minimum atomic E-state index is -0.160. The molecule has 0 radical (unpaired) electrons. The van der Waals surface area contributed by atoms with Gasteiger partial charge in [-0.2, -0.15) is 5.26 Å². The van der Waals surface area contributed by atoms with Crippen molar-refractivity contribution >= 4 is 34.0 Å². The van der Waals surface area contributed by atoms with Crippen LogP contribution in [-0.4, -0.2) is 33.5 Å². The van der Waals surface area contributed by atoms with Crippen molar-refractivity contribution in [3.8, 4) is 23.2 Å². The van der Waals surface area contributed by atoms with Crippen molar-refractivity contribution in [2.45, 2.75) is 43.8 Å². The Morgan fingerprint density at radius 2 is 2.09 bits per heavy atom. The number of rotatable bonds is 8. The van der Waals surface area contributed by atoms with Crippen LogP contribution < -0.4 is 10.1 Å². The number of benzene rings is 1. The van der Waals surface area contributed by atoms with Gasteiger partial charge in [0.05, 0.1) is 18.4 Å². The quantitative estimate of drug-likeness (QED) is 0.275. The molecule has 0 atom stereocenters. The van der Waals surface area contributed by atoms with E-state index in [1.54, 1.807) is 24.5 Å². The van der Waals surface area contributed by atoms with Gasteiger partial charge in [-0.15, -0.1) is 28.1 Å². The molecule has 0 fully saturated rings. The highest BCUT2D eigenvalue weighted by molar-refractivity contribution is 7.99. The summed E-state index contributed by atoms with van der Waals surface area (Å²) < 4.78 is 7.16. The second kappa shape index (κ2) is 10.7. The van der Waals surface area contributed by atoms with E-state index in [0.717, 1.165) is 42.6 Å². The molecule has 0 spiro atoms. The lowest BCUT2D eigenvalue weighted by Gasteiger charge is -2.08. The maximum atomic E-state index is 12.7. The molecular weight excluding hydrogens is 454 g/mol. The first kappa shape index (κ1) is 23.1. The van der Waals surface area contributed by atoms with Gasteiger partial charge in [-0.25, -0.2) is 0 Å². The van der Waals surface area contributed by atoms with Crippen LogP contribution in [0.15, 0.2) is 42.1 Å². The number of methoxy groups -OCH3 is 1. The average Bonchev–Trinajstić information content (AvgIpc) is 3.29. The number of allylic oxidation sites excluding steroid dienone is 1. The summed E-state index contributed by atoms with van der Waals surface area (Å²) in [7, 11) is 1.63. The number of nitrogens with zero attached hydrogens (tertiary/aromatic N) is 4. The van der Waals surface area contributed by atoms with Crippen molar-refractivity contribution in [3.63, 3.8) is 0 Å². The van der Waals surface area contributed by atoms with E-state index in [1.165, 1.54) is 23.1 Å². The first-order valence-corrected chi connectivity index (χ1v) is 12.6. The first-order valence-electron chi connectivity index (χ1n) is 10.8. The molecule has 2 heterocycles. The fraction of sp³-hybridized carbons (Fsp3) is 0.333. The number of carbonyl (C=O) groups is 1. The van der Waals surface area contributed by atoms with Gasteiger partial charge in [-0.05, 0) is 55.5 Å². The molecule has 0 unspecified atom stereocenters. The second-order valence-electron chi connectivity index (χ2n) is 7.65. The maximum absolute atomic E-state index is 12.7. The van der Waals surface area contributed by atoms with Crippen LogP contribution in [0.5, 0.6) is 5.75 Å². The molecule has 0 saturated carbocycles. The van der Waals surface area contributed by atoms with Crippen LogP contribution in [0.1, 0.15) is 35.3 Å². The Bertz CT molecular complexity index is 1190. The van der Waals surface area contributed by atoms with Gasteiger partial charge in [-0.1, -0.05) is 24.3 Å². The van der Waals surface area contributed by atoms with Crippen molar-refractivity contribution in [1.82, 2.24) is 14.8 Å². The third-order valence-electron chi connectivity index (χ3n) is 5.50. The van der Waals surface area contributed by atoms with Gasteiger partial charge in [0.15, 0.2) is 11.0 Å². The van der Waals surface area contributed by atoms with Gasteiger partial charge >= 0.3 is 0 Å². The third-order valence-corrected chi connectivity index (χ3v) is 7.67. The van der Waals surface area contributed by atoms with E-state index >= 15 is 0 Å². The fourth-order valence-corrected chi connectivity index (χ4v) is 5.89. The number of anilines is 1. The number of nitriles is 1. The zero-order valence-electron chi connectivity index (χ0n) is 18.5. The SMILES string of the molecule is C=CCn1c(SCC(=O)Nc2sc3c(c2C#N)CCCCC3)nnc1-c1ccc(OC)cc1. The van der Waals surface area contributed by atoms with Gasteiger partial charge in [0.2, 0.25) is 5.91 Å². The smallest absolute Gasteiger partial charge is 0.235 e. The highest BCUT2D eigenvalue weighted by atomic mass is 32.2. The molecule has 33 heavy (non-hydrogen) atoms. The Kier molecular flexibility index (Phi) is 7.47. The highest BCUT2D eigenvalue weighted by Gasteiger charge is 2.21. The van der Waals surface area contributed by atoms with E-state index in [-0.39, 0.29) is 11.7 Å². The average molecular weight is 480 g/mol. The lowest BCUT2D eigenvalue weighted by Crippen LogP contribution is -2.14. The predicted molar refractivity (Wildman–Crippen MR) is 132 cm³/mol. The topological polar surface area (TPSA) is 92.8 Å². The van der Waals surface area contributed by atoms with Crippen molar-refractivity contribution in [1.29, 1.82) is 5.26 Å². The number of hydrogen-bond acceptors (Lipinski definition) is 7. The normalized spacial score (nSPS) is 13.0. The van der Waals surface area contributed by atoms with E-state index in [4.69, 9.17) is 4.74 Å². The summed E-state index contributed by atoms with van der Waals surface area (Å²) in [6, 6.07) is 9.90. The molecule has 0 bridgehead atoms. The molecule has 1 N–H and O–H groups in total. The Labute approximate surface area is 201 Å². The second-order valence-corrected chi connectivity index (χ2v) is 9.70. The minimum absolute atomic E-state index is 0.160. The summed E-state index contributed by atoms with van der Waals surface area (Å²) >= 11 is 2.86. The predicted octanol–water partition coefficient (Wildman–Crippen LogP) is 5.07. The molecule has 170 valence electrons. The molecule has 1 aliphatic rings. The maximum Gasteiger partial charge on any atom is 0.235 e. The highest BCUT2D eigenvalue weighted by Crippen LogP contribution is 2.37. The first-order chi connectivity index (χ1) is 16.1. The van der Waals surface area contributed by atoms with Gasteiger partial charge in [-0.3, -0.25) is 9.36 Å². The van der Waals surface area contributed by atoms with Crippen molar-refractivity contribution in [3.05, 3.63) is 52.9 Å². The van der Waals surface area contributed by atoms with Crippen LogP contribution in [0, 0.1) is 11.3 Å². The third kappa shape index (κ3) is 5.13. The van der Waals surface area contributed by atoms with E-state index < -0.39 is 0 Å². The van der Waals surface area contributed by atoms with Crippen LogP contribution in [-0.2, 0) is 24.2 Å². The zero-order valence-corrected chi connectivity index (χ0v) is 20.1. The molecule has 9 heteroatoms. The van der Waals surface area contributed by atoms with Gasteiger partial charge in [0.25, 0.3) is 0 Å². The van der Waals surface area contributed by atoms with E-state index in [9.17, 15) is 10.1 Å². The number of aromatic nitrogens is 3. The monoisotopic (exact) mass is 479 g/mol. The number of aryl methyl sites for hydroxylation is 1. The van der Waals surface area contributed by atoms with Crippen LogP contribution in [0.4, 0.5) is 5.00 Å². The molecular formula is C24H25N5O2S2. The summed E-state index contributed by atoms with van der Waals surface area (Å²) in [4.78, 5) is 14.0. The lowest BCUT2D eigenvalue weighted by molar-refractivity contribution is -0.113. The lowest BCUT2D eigenvalue weighted by atomic mass is 10.1. The number of nitrogens with one attached hydrogen (secondary N) is 1. The van der Waals surface area contributed by atoms with E-state index in [0.29, 0.717) is 28.1 Å². The Hall–Kier alpha value is -3.09. The molecule has 0 saturated heterocycles. The molecule has 2 aromatic heterocycles. The molecule has 0 aliphatic heterocycles. The standard InChI is InChI=1S/C24H25N5O2S2/c1-3-13-29-22(16-9-11-17(31-2)12-10-16)27-28-24(29)32-15-21(30)26-23-19(14-25)18-7-5-4-6-8-20(18)33-23/h3,9-12H,1,4-8,13,15H2,2H3,(H,26,30). The van der Waals surface area contributed by atoms with Crippen LogP contribution in [0.2, 0.25) is 0 Å². The summed E-state index contributed by atoms with van der Waals surface area (Å²) in [5.41, 5.74) is 2.66. The molecule has 1 amide bonds. The summed E-state index contributed by atoms with van der Waals surface area (Å²) in [5.74, 6) is 1.48. The molecule has 7 nitrogen and oxygen atoms in total. The zero-order chi connectivity index (χ0) is 23.2. The Morgan fingerprint density at radius 1 is 1.30 bits per heavy atom. The van der Waals surface area contributed by atoms with Crippen LogP contribution in [0.25, 0.3) is 11.4 Å². The number of hydrogen-bond donors (Lipinski definition) is 1. The van der Waals surface area contributed by atoms with Gasteiger partial charge < -0.3 is 10.1 Å². The summed E-state index contributed by atoms with van der Waals surface area (Å²) in [5, 5.41) is 22.6. The minimum Gasteiger partial charge on any atom is -0.497 e. The summed E-state index contributed by atoms with van der Waals surface area (Å²) in [6.45, 7) is 4.36. The van der Waals surface area contributed by atoms with E-state index in [2.05, 4.69) is 28.2 Å². The number of carbonyl (C=O) groups excluding carboxylic acids is 1. The van der Waals surface area contributed by atoms with Crippen molar-refractivity contribution in [2.75, 3.05) is 18.2 Å². The molecule has 4 rings (SSSR count). The molecule has 3 aromatic rings. The van der Waals surface area contributed by atoms with E-state index in [1.807, 2.05) is 28.8 Å². The number of thioether (sulfide) groups is 1. The largest absolute Gasteiger partial charge is 0.497 e. The Morgan fingerprint density at radius 3 is 2.82 bits per heavy atom. The number of ether oxygens (including phenoxy) is 1. The van der Waals surface area contributed by atoms with Gasteiger partial charge in [0, 0.05) is 17.0 Å². The van der Waals surface area contributed by atoms with Gasteiger partial charge in [0.1, 0.15) is 16.8 Å². The molecule has 1 aromatic carbocycles. The molecule has 1 aliphatic carbocycles.